The van der Waals surface area contributed by atoms with E-state index >= 15 is 0 Å². The molecule has 0 aliphatic carbocycles. The molecule has 1 atom stereocenters. The van der Waals surface area contributed by atoms with Crippen molar-refractivity contribution < 1.29 is 28.6 Å². The fraction of sp³-hybridized carbons (Fsp3) is 0.320. The fourth-order valence-electron chi connectivity index (χ4n) is 3.43. The molecule has 3 aromatic rings. The van der Waals surface area contributed by atoms with Crippen molar-refractivity contribution >= 4 is 35.3 Å². The number of rotatable bonds is 10. The number of anilines is 1. The summed E-state index contributed by atoms with van der Waals surface area (Å²) in [5.41, 5.74) is 1.46. The summed E-state index contributed by atoms with van der Waals surface area (Å²) in [6.45, 7) is 6.41. The van der Waals surface area contributed by atoms with Crippen LogP contribution in [0.5, 0.6) is 5.75 Å². The molecular weight excluding hydrogens is 484 g/mol. The Morgan fingerprint density at radius 3 is 2.44 bits per heavy atom. The van der Waals surface area contributed by atoms with Crippen molar-refractivity contribution in [3.05, 3.63) is 65.0 Å². The first-order chi connectivity index (χ1) is 17.3. The van der Waals surface area contributed by atoms with Gasteiger partial charge in [-0.15, -0.1) is 10.2 Å². The molecule has 0 bridgehead atoms. The van der Waals surface area contributed by atoms with Crippen LogP contribution in [0.4, 0.5) is 5.69 Å². The largest absolute Gasteiger partial charge is 0.482 e. The quantitative estimate of drug-likeness (QED) is 0.317. The second-order valence-corrected chi connectivity index (χ2v) is 8.63. The Bertz CT molecular complexity index is 1260. The average molecular weight is 513 g/mol. The number of nitrogens with zero attached hydrogens (tertiary/aromatic N) is 3. The minimum Gasteiger partial charge on any atom is -0.482 e. The predicted molar refractivity (Wildman–Crippen MR) is 134 cm³/mol. The highest BCUT2D eigenvalue weighted by Gasteiger charge is 2.21. The van der Waals surface area contributed by atoms with E-state index in [-0.39, 0.29) is 28.7 Å². The van der Waals surface area contributed by atoms with E-state index in [4.69, 9.17) is 14.2 Å². The third-order valence-electron chi connectivity index (χ3n) is 5.28. The van der Waals surface area contributed by atoms with Gasteiger partial charge in [-0.05, 0) is 50.6 Å². The number of amides is 1. The summed E-state index contributed by atoms with van der Waals surface area (Å²) in [7, 11) is 2.48. The summed E-state index contributed by atoms with van der Waals surface area (Å²) in [4.78, 5) is 36.7. The lowest BCUT2D eigenvalue weighted by atomic mass is 10.1. The van der Waals surface area contributed by atoms with E-state index < -0.39 is 17.8 Å². The normalized spacial score (nSPS) is 11.5. The number of benzene rings is 2. The van der Waals surface area contributed by atoms with Gasteiger partial charge < -0.3 is 24.1 Å². The molecular formula is C25H28N4O6S. The topological polar surface area (TPSA) is 122 Å². The van der Waals surface area contributed by atoms with Gasteiger partial charge in [0.25, 0.3) is 0 Å². The second-order valence-electron chi connectivity index (χ2n) is 7.69. The molecule has 0 aliphatic rings. The van der Waals surface area contributed by atoms with Gasteiger partial charge in [0.15, 0.2) is 17.1 Å². The number of ether oxygens (including phenoxy) is 3. The van der Waals surface area contributed by atoms with Crippen molar-refractivity contribution in [2.24, 2.45) is 0 Å². The molecule has 1 amide bonds. The molecule has 0 aliphatic heterocycles. The average Bonchev–Trinajstić information content (AvgIpc) is 3.31. The summed E-state index contributed by atoms with van der Waals surface area (Å²) in [6, 6.07) is 11.9. The van der Waals surface area contributed by atoms with Crippen molar-refractivity contribution in [1.29, 1.82) is 0 Å². The molecule has 1 N–H and O–H groups in total. The maximum atomic E-state index is 12.7. The number of para-hydroxylation sites is 1. The van der Waals surface area contributed by atoms with Gasteiger partial charge in [-0.25, -0.2) is 9.59 Å². The number of hydrogen-bond acceptors (Lipinski definition) is 9. The molecule has 0 spiro atoms. The van der Waals surface area contributed by atoms with E-state index in [1.54, 1.807) is 0 Å². The summed E-state index contributed by atoms with van der Waals surface area (Å²) in [6.07, 6.45) is -0.356. The lowest BCUT2D eigenvalue weighted by Crippen LogP contribution is -2.18. The number of carbonyl (C=O) groups is 3. The zero-order valence-electron chi connectivity index (χ0n) is 20.7. The number of esters is 2. The SMILES string of the molecule is CCn1c(SCC(=O)Nc2cc(C(=O)OC)ccc2C(=O)OC)nnc1C(C)Oc1ccccc1C. The third-order valence-corrected chi connectivity index (χ3v) is 6.24. The Hall–Kier alpha value is -3.86. The van der Waals surface area contributed by atoms with Crippen LogP contribution in [-0.4, -0.2) is 52.6 Å². The number of hydrogen-bond donors (Lipinski definition) is 1. The monoisotopic (exact) mass is 512 g/mol. The minimum atomic E-state index is -0.646. The number of thioether (sulfide) groups is 1. The molecule has 190 valence electrons. The second kappa shape index (κ2) is 12.2. The number of aromatic nitrogens is 3. The number of methoxy groups -OCH3 is 2. The molecule has 0 fully saturated rings. The lowest BCUT2D eigenvalue weighted by molar-refractivity contribution is -0.113. The van der Waals surface area contributed by atoms with Crippen molar-refractivity contribution in [1.82, 2.24) is 14.8 Å². The molecule has 2 aromatic carbocycles. The van der Waals surface area contributed by atoms with Gasteiger partial charge in [0.2, 0.25) is 5.91 Å². The molecule has 36 heavy (non-hydrogen) atoms. The van der Waals surface area contributed by atoms with Crippen molar-refractivity contribution in [3.8, 4) is 5.75 Å². The highest BCUT2D eigenvalue weighted by atomic mass is 32.2. The maximum absolute atomic E-state index is 12.7. The summed E-state index contributed by atoms with van der Waals surface area (Å²) < 4.78 is 17.5. The first-order valence-corrected chi connectivity index (χ1v) is 12.2. The first kappa shape index (κ1) is 26.7. The molecule has 1 heterocycles. The highest BCUT2D eigenvalue weighted by Crippen LogP contribution is 2.27. The number of aryl methyl sites for hydroxylation is 1. The molecule has 10 nitrogen and oxygen atoms in total. The minimum absolute atomic E-state index is 0.00572. The van der Waals surface area contributed by atoms with E-state index in [2.05, 4.69) is 15.5 Å². The van der Waals surface area contributed by atoms with Crippen LogP contribution in [0.3, 0.4) is 0 Å². The van der Waals surface area contributed by atoms with Gasteiger partial charge >= 0.3 is 11.9 Å². The summed E-state index contributed by atoms with van der Waals surface area (Å²) in [5.74, 6) is -0.242. The molecule has 0 radical (unpaired) electrons. The van der Waals surface area contributed by atoms with Crippen LogP contribution < -0.4 is 10.1 Å². The molecule has 1 aromatic heterocycles. The molecule has 3 rings (SSSR count). The molecule has 11 heteroatoms. The Labute approximate surface area is 213 Å². The maximum Gasteiger partial charge on any atom is 0.339 e. The molecule has 0 saturated carbocycles. The van der Waals surface area contributed by atoms with E-state index in [1.807, 2.05) is 49.6 Å². The molecule has 1 unspecified atom stereocenters. The smallest absolute Gasteiger partial charge is 0.339 e. The Balaban J connectivity index is 1.72. The van der Waals surface area contributed by atoms with Crippen molar-refractivity contribution in [2.75, 3.05) is 25.3 Å². The first-order valence-electron chi connectivity index (χ1n) is 11.2. The Morgan fingerprint density at radius 1 is 1.06 bits per heavy atom. The van der Waals surface area contributed by atoms with Gasteiger partial charge in [-0.3, -0.25) is 4.79 Å². The number of carbonyl (C=O) groups excluding carboxylic acids is 3. The zero-order valence-corrected chi connectivity index (χ0v) is 21.5. The van der Waals surface area contributed by atoms with Crippen LogP contribution in [0.25, 0.3) is 0 Å². The van der Waals surface area contributed by atoms with Crippen LogP contribution in [-0.2, 0) is 20.8 Å². The van der Waals surface area contributed by atoms with E-state index in [9.17, 15) is 14.4 Å². The standard InChI is InChI=1S/C25H28N4O6S/c1-6-29-22(16(3)35-20-10-8-7-9-15(20)2)27-28-25(29)36-14-21(30)26-19-13-17(23(31)33-4)11-12-18(19)24(32)34-5/h7-13,16H,6,14H2,1-5H3,(H,26,30). The van der Waals surface area contributed by atoms with Gasteiger partial charge in [-0.1, -0.05) is 30.0 Å². The van der Waals surface area contributed by atoms with Crippen LogP contribution in [0.1, 0.15) is 52.1 Å². The van der Waals surface area contributed by atoms with E-state index in [0.29, 0.717) is 17.5 Å². The van der Waals surface area contributed by atoms with E-state index in [1.165, 1.54) is 44.2 Å². The number of nitrogens with one attached hydrogen (secondary N) is 1. The van der Waals surface area contributed by atoms with Crippen LogP contribution in [0.2, 0.25) is 0 Å². The van der Waals surface area contributed by atoms with Crippen molar-refractivity contribution in [2.45, 2.75) is 38.6 Å². The Kier molecular flexibility index (Phi) is 9.07. The van der Waals surface area contributed by atoms with Crippen LogP contribution in [0.15, 0.2) is 47.6 Å². The summed E-state index contributed by atoms with van der Waals surface area (Å²) >= 11 is 1.20. The van der Waals surface area contributed by atoms with E-state index in [0.717, 1.165) is 11.3 Å². The van der Waals surface area contributed by atoms with Crippen LogP contribution >= 0.6 is 11.8 Å². The summed E-state index contributed by atoms with van der Waals surface area (Å²) in [5, 5.41) is 11.8. The van der Waals surface area contributed by atoms with Gasteiger partial charge in [0.1, 0.15) is 5.75 Å². The van der Waals surface area contributed by atoms with Gasteiger partial charge in [0, 0.05) is 6.54 Å². The molecule has 0 saturated heterocycles. The van der Waals surface area contributed by atoms with Crippen LogP contribution in [0, 0.1) is 6.92 Å². The highest BCUT2D eigenvalue weighted by molar-refractivity contribution is 7.99. The Morgan fingerprint density at radius 2 is 1.78 bits per heavy atom. The lowest BCUT2D eigenvalue weighted by Gasteiger charge is -2.17. The van der Waals surface area contributed by atoms with Crippen molar-refractivity contribution in [3.63, 3.8) is 0 Å². The van der Waals surface area contributed by atoms with Gasteiger partial charge in [-0.2, -0.15) is 0 Å². The third kappa shape index (κ3) is 6.22. The predicted octanol–water partition coefficient (Wildman–Crippen LogP) is 4.05. The van der Waals surface area contributed by atoms with Gasteiger partial charge in [0.05, 0.1) is 36.8 Å². The zero-order chi connectivity index (χ0) is 26.2. The fourth-order valence-corrected chi connectivity index (χ4v) is 4.24.